The molecule has 14 heteroatoms. The molecule has 0 unspecified atom stereocenters. The zero-order chi connectivity index (χ0) is 45.9. The first-order valence-electron chi connectivity index (χ1n) is 21.2. The van der Waals surface area contributed by atoms with Gasteiger partial charge in [0.05, 0.1) is 11.8 Å². The molecule has 1 aliphatic heterocycles. The standard InChI is InChI=1S/C42H41BF10NOP.C7H8/c1-20-16-22(3)41(23(4)17-20)56(42-24(5)18-21(2)19-25(42)6)28-15-11-10-14-27(28)43(54(56)55-26-12-8-7-9-13-26,29-31(44)35(48)39(52)36(49)32(29)45)30-33(46)37(50)40(53)38(51)34(30)47;1-7-5-3-2-4-6-7/h8,12,16-19,26-28H,7,9-11,13-15H2,1-6H3;2-6H,1H3/t26-,27+,28+;/m0./s1. The van der Waals surface area contributed by atoms with E-state index in [-0.39, 0.29) is 25.7 Å². The van der Waals surface area contributed by atoms with E-state index in [9.17, 15) is 8.78 Å². The van der Waals surface area contributed by atoms with Crippen molar-refractivity contribution >= 4 is 35.2 Å². The molecule has 334 valence electrons. The molecular formula is C49H49BF10NOP. The second kappa shape index (κ2) is 17.8. The Morgan fingerprint density at radius 2 is 0.921 bits per heavy atom. The van der Waals surface area contributed by atoms with Gasteiger partial charge in [-0.1, -0.05) is 102 Å². The highest BCUT2D eigenvalue weighted by Crippen LogP contribution is 2.79. The van der Waals surface area contributed by atoms with Crippen LogP contribution in [0.15, 0.2) is 66.7 Å². The van der Waals surface area contributed by atoms with Crippen LogP contribution < -0.4 is 21.5 Å². The molecule has 1 saturated heterocycles. The summed E-state index contributed by atoms with van der Waals surface area (Å²) in [5.74, 6) is -25.9. The van der Waals surface area contributed by atoms with Crippen LogP contribution in [0.3, 0.4) is 0 Å². The number of rotatable bonds is 6. The first-order valence-corrected chi connectivity index (χ1v) is 23.0. The molecule has 3 atom stereocenters. The molecule has 2 fully saturated rings. The molecule has 0 radical (unpaired) electrons. The van der Waals surface area contributed by atoms with E-state index >= 15 is 35.1 Å². The largest absolute Gasteiger partial charge is 0.299 e. The lowest BCUT2D eigenvalue weighted by molar-refractivity contribution is -0.0621. The third kappa shape index (κ3) is 7.44. The summed E-state index contributed by atoms with van der Waals surface area (Å²) in [4.78, 5) is 6.99. The molecule has 1 heterocycles. The number of hydrogen-bond acceptors (Lipinski definition) is 2. The van der Waals surface area contributed by atoms with Gasteiger partial charge in [0.2, 0.25) is 6.28 Å². The molecule has 1 saturated carbocycles. The molecule has 0 aromatic heterocycles. The predicted octanol–water partition coefficient (Wildman–Crippen LogP) is 12.2. The maximum atomic E-state index is 17.0. The number of halogens is 10. The second-order valence-electron chi connectivity index (χ2n) is 17.5. The Hall–Kier alpha value is -4.45. The van der Waals surface area contributed by atoms with Crippen LogP contribution in [0.5, 0.6) is 0 Å². The third-order valence-corrected chi connectivity index (χ3v) is 18.7. The molecule has 0 bridgehead atoms. The number of aryl methyl sites for hydroxylation is 7. The lowest BCUT2D eigenvalue weighted by Gasteiger charge is -2.51. The van der Waals surface area contributed by atoms with Crippen molar-refractivity contribution in [3.05, 3.63) is 164 Å². The normalized spacial score (nSPS) is 20.4. The molecule has 0 N–H and O–H groups in total. The van der Waals surface area contributed by atoms with Gasteiger partial charge in [0.15, 0.2) is 34.9 Å². The molecule has 2 aliphatic carbocycles. The van der Waals surface area contributed by atoms with Gasteiger partial charge in [0.1, 0.15) is 41.3 Å². The summed E-state index contributed by atoms with van der Waals surface area (Å²) in [5.41, 5.74) is 1.33. The Balaban J connectivity index is 0.000000775. The van der Waals surface area contributed by atoms with Gasteiger partial charge in [-0.25, -0.2) is 48.6 Å². The first kappa shape index (κ1) is 46.5. The zero-order valence-corrected chi connectivity index (χ0v) is 37.1. The smallest absolute Gasteiger partial charge is 0.212 e. The van der Waals surface area contributed by atoms with E-state index in [1.807, 2.05) is 56.3 Å². The van der Waals surface area contributed by atoms with Crippen molar-refractivity contribution in [1.82, 2.24) is 4.74 Å². The Labute approximate surface area is 362 Å². The molecular weight excluding hydrogens is 850 g/mol. The van der Waals surface area contributed by atoms with Crippen LogP contribution in [0.1, 0.15) is 83.9 Å². The van der Waals surface area contributed by atoms with E-state index in [1.54, 1.807) is 39.8 Å². The highest BCUT2D eigenvalue weighted by Gasteiger charge is 2.75. The van der Waals surface area contributed by atoms with Crippen molar-refractivity contribution in [3.8, 4) is 0 Å². The summed E-state index contributed by atoms with van der Waals surface area (Å²) in [6.45, 7) is 13.0. The fraction of sp³-hybridized carbons (Fsp3) is 0.347. The van der Waals surface area contributed by atoms with Gasteiger partial charge in [-0.15, -0.1) is 10.9 Å². The summed E-state index contributed by atoms with van der Waals surface area (Å²) in [7, 11) is -3.91. The van der Waals surface area contributed by atoms with Crippen molar-refractivity contribution in [3.63, 3.8) is 0 Å². The lowest BCUT2D eigenvalue weighted by atomic mass is 9.20. The van der Waals surface area contributed by atoms with Crippen LogP contribution in [0.25, 0.3) is 0 Å². The first-order chi connectivity index (χ1) is 29.8. The molecule has 2 nitrogen and oxygen atoms in total. The van der Waals surface area contributed by atoms with Crippen molar-refractivity contribution in [2.75, 3.05) is 0 Å². The lowest BCUT2D eigenvalue weighted by Crippen LogP contribution is -2.74. The van der Waals surface area contributed by atoms with E-state index < -0.39 is 100 Å². The zero-order valence-electron chi connectivity index (χ0n) is 36.2. The molecule has 0 amide bonds. The fourth-order valence-electron chi connectivity index (χ4n) is 11.3. The van der Waals surface area contributed by atoms with Gasteiger partial charge >= 0.3 is 0 Å². The number of allylic oxidation sites excluding steroid dienone is 1. The van der Waals surface area contributed by atoms with Gasteiger partial charge < -0.3 is 0 Å². The van der Waals surface area contributed by atoms with Crippen LogP contribution >= 0.6 is 7.41 Å². The van der Waals surface area contributed by atoms with Crippen LogP contribution in [-0.2, 0) is 4.84 Å². The van der Waals surface area contributed by atoms with Crippen molar-refractivity contribution in [2.45, 2.75) is 111 Å². The quantitative estimate of drug-likeness (QED) is 0.0420. The predicted molar refractivity (Wildman–Crippen MR) is 232 cm³/mol. The summed E-state index contributed by atoms with van der Waals surface area (Å²) in [6, 6.07) is 17.7. The van der Waals surface area contributed by atoms with Gasteiger partial charge in [0.25, 0.3) is 0 Å². The van der Waals surface area contributed by atoms with Gasteiger partial charge in [-0.05, 0) is 103 Å². The van der Waals surface area contributed by atoms with Gasteiger partial charge in [-0.3, -0.25) is 4.84 Å². The van der Waals surface area contributed by atoms with E-state index in [2.05, 4.69) is 19.1 Å². The van der Waals surface area contributed by atoms with E-state index in [0.29, 0.717) is 52.1 Å². The van der Waals surface area contributed by atoms with E-state index in [0.717, 1.165) is 15.9 Å². The number of fused-ring (bicyclic) bond motifs is 1. The molecule has 5 aromatic rings. The Morgan fingerprint density at radius 3 is 1.30 bits per heavy atom. The molecule has 63 heavy (non-hydrogen) atoms. The topological polar surface area (TPSA) is 12.5 Å². The van der Waals surface area contributed by atoms with Crippen molar-refractivity contribution in [2.24, 2.45) is 0 Å². The highest BCUT2D eigenvalue weighted by molar-refractivity contribution is 7.91. The molecule has 5 aromatic carbocycles. The average molecular weight is 900 g/mol. The Kier molecular flexibility index (Phi) is 13.2. The van der Waals surface area contributed by atoms with Crippen molar-refractivity contribution < 1.29 is 48.7 Å². The van der Waals surface area contributed by atoms with E-state index in [1.165, 1.54) is 5.56 Å². The van der Waals surface area contributed by atoms with Gasteiger partial charge in [-0.2, -0.15) is 0 Å². The number of hydrogen-bond donors (Lipinski definition) is 0. The average Bonchev–Trinajstić information content (AvgIpc) is 3.46. The Morgan fingerprint density at radius 1 is 0.508 bits per heavy atom. The van der Waals surface area contributed by atoms with Crippen LogP contribution in [-0.4, -0.2) is 22.8 Å². The van der Waals surface area contributed by atoms with Crippen LogP contribution in [0, 0.1) is 107 Å². The number of nitrogens with zero attached hydrogens (tertiary/aromatic N) is 1. The fourth-order valence-corrected chi connectivity index (χ4v) is 18.1. The third-order valence-electron chi connectivity index (χ3n) is 13.3. The highest BCUT2D eigenvalue weighted by atomic mass is 31.2. The van der Waals surface area contributed by atoms with E-state index in [4.69, 9.17) is 4.84 Å². The minimum Gasteiger partial charge on any atom is -0.299 e. The minimum absolute atomic E-state index is 0.125. The summed E-state index contributed by atoms with van der Waals surface area (Å²) in [6.07, 6.45) is 0.188. The summed E-state index contributed by atoms with van der Waals surface area (Å²) in [5, 5.41) is 1.15. The number of benzene rings is 5. The maximum absolute atomic E-state index is 17.0. The molecule has 3 aliphatic rings. The van der Waals surface area contributed by atoms with Crippen LogP contribution in [0.4, 0.5) is 43.9 Å². The maximum Gasteiger partial charge on any atom is 0.212 e. The Bertz CT molecular complexity index is 2390. The van der Waals surface area contributed by atoms with Crippen LogP contribution in [0.2, 0.25) is 5.82 Å². The van der Waals surface area contributed by atoms with Gasteiger partial charge in [0, 0.05) is 0 Å². The molecule has 8 rings (SSSR count). The van der Waals surface area contributed by atoms with Crippen molar-refractivity contribution in [1.29, 1.82) is 0 Å². The summed E-state index contributed by atoms with van der Waals surface area (Å²) >= 11 is 0. The molecule has 0 spiro atoms. The monoisotopic (exact) mass is 899 g/mol. The minimum atomic E-state index is -4.48. The second-order valence-corrected chi connectivity index (χ2v) is 20.8. The summed E-state index contributed by atoms with van der Waals surface area (Å²) < 4.78 is 162. The SMILES string of the molecule is Cc1cc(C)c([P+]2(c3c(C)cc(C)cc3C)[C@@H]3CCCC[C@H]3[B-](c3c(F)c(F)c(F)c(F)c3F)(c3c(F)c(F)c(F)c(F)c3F)N2O[C@H]2C=CCCC2)c(C)c1.Cc1ccccc1.